The van der Waals surface area contributed by atoms with Crippen LogP contribution in [0.15, 0.2) is 42.5 Å². The van der Waals surface area contributed by atoms with Gasteiger partial charge in [-0.1, -0.05) is 12.1 Å². The molecule has 0 N–H and O–H groups in total. The molecule has 0 aliphatic heterocycles. The van der Waals surface area contributed by atoms with E-state index in [1.165, 1.54) is 0 Å². The van der Waals surface area contributed by atoms with Crippen LogP contribution in [0, 0.1) is 6.92 Å². The molecule has 0 unspecified atom stereocenters. The van der Waals surface area contributed by atoms with E-state index in [2.05, 4.69) is 0 Å². The molecule has 0 heterocycles. The summed E-state index contributed by atoms with van der Waals surface area (Å²) in [7, 11) is 0. The Labute approximate surface area is 118 Å². The minimum Gasteiger partial charge on any atom is -0.494 e. The molecule has 0 aromatic heterocycles. The Morgan fingerprint density at radius 2 is 1.68 bits per heavy atom. The summed E-state index contributed by atoms with van der Waals surface area (Å²) in [6.45, 7) is 4.64. The predicted molar refractivity (Wildman–Crippen MR) is 78.4 cm³/mol. The second kappa shape index (κ2) is 6.48. The molecular weight excluding hydrogens is 260 g/mol. The van der Waals surface area contributed by atoms with Gasteiger partial charge < -0.3 is 9.47 Å². The maximum atomic E-state index is 5.87. The van der Waals surface area contributed by atoms with E-state index < -0.39 is 0 Å². The van der Waals surface area contributed by atoms with Gasteiger partial charge in [0.1, 0.15) is 17.2 Å². The average molecular weight is 277 g/mol. The minimum atomic E-state index is 0.486. The fraction of sp³-hybridized carbons (Fsp3) is 0.250. The molecule has 0 aliphatic carbocycles. The van der Waals surface area contributed by atoms with Crippen LogP contribution in [0.25, 0.3) is 0 Å². The van der Waals surface area contributed by atoms with Gasteiger partial charge in [0.25, 0.3) is 0 Å². The lowest BCUT2D eigenvalue weighted by atomic mass is 10.1. The highest BCUT2D eigenvalue weighted by Crippen LogP contribution is 2.28. The van der Waals surface area contributed by atoms with Gasteiger partial charge in [0, 0.05) is 5.88 Å². The first-order chi connectivity index (χ1) is 9.22. The first-order valence-electron chi connectivity index (χ1n) is 6.29. The third-order valence-electron chi connectivity index (χ3n) is 2.77. The van der Waals surface area contributed by atoms with Gasteiger partial charge in [0.05, 0.1) is 6.61 Å². The number of benzene rings is 2. The maximum Gasteiger partial charge on any atom is 0.130 e. The molecule has 0 spiro atoms. The monoisotopic (exact) mass is 276 g/mol. The van der Waals surface area contributed by atoms with E-state index in [1.807, 2.05) is 56.3 Å². The summed E-state index contributed by atoms with van der Waals surface area (Å²) in [6, 6.07) is 13.6. The van der Waals surface area contributed by atoms with Gasteiger partial charge in [-0.25, -0.2) is 0 Å². The Morgan fingerprint density at radius 3 is 2.32 bits per heavy atom. The normalized spacial score (nSPS) is 10.3. The molecule has 3 heteroatoms. The van der Waals surface area contributed by atoms with Crippen LogP contribution >= 0.6 is 11.6 Å². The maximum absolute atomic E-state index is 5.87. The Kier molecular flexibility index (Phi) is 4.69. The number of hydrogen-bond acceptors (Lipinski definition) is 2. The number of halogens is 1. The van der Waals surface area contributed by atoms with Gasteiger partial charge in [0.2, 0.25) is 0 Å². The lowest BCUT2D eigenvalue weighted by Gasteiger charge is -2.10. The summed E-state index contributed by atoms with van der Waals surface area (Å²) < 4.78 is 11.3. The van der Waals surface area contributed by atoms with Gasteiger partial charge in [0.15, 0.2) is 0 Å². The smallest absolute Gasteiger partial charge is 0.130 e. The molecule has 0 fully saturated rings. The Bertz CT molecular complexity index is 535. The lowest BCUT2D eigenvalue weighted by molar-refractivity contribution is 0.339. The fourth-order valence-corrected chi connectivity index (χ4v) is 1.90. The SMILES string of the molecule is CCOc1ccc(Oc2cc(CCl)ccc2C)cc1. The van der Waals surface area contributed by atoms with E-state index in [0.29, 0.717) is 12.5 Å². The Balaban J connectivity index is 2.16. The zero-order chi connectivity index (χ0) is 13.7. The highest BCUT2D eigenvalue weighted by molar-refractivity contribution is 6.17. The van der Waals surface area contributed by atoms with Crippen molar-refractivity contribution in [2.24, 2.45) is 0 Å². The van der Waals surface area contributed by atoms with E-state index in [0.717, 1.165) is 28.4 Å². The summed E-state index contributed by atoms with van der Waals surface area (Å²) in [5.41, 5.74) is 2.14. The summed E-state index contributed by atoms with van der Waals surface area (Å²) in [5, 5.41) is 0. The van der Waals surface area contributed by atoms with Crippen molar-refractivity contribution < 1.29 is 9.47 Å². The molecular formula is C16H17ClO2. The zero-order valence-corrected chi connectivity index (χ0v) is 11.9. The second-order valence-corrected chi connectivity index (χ2v) is 4.51. The number of alkyl halides is 1. The highest BCUT2D eigenvalue weighted by Gasteiger charge is 2.03. The van der Waals surface area contributed by atoms with Crippen molar-refractivity contribution in [3.63, 3.8) is 0 Å². The fourth-order valence-electron chi connectivity index (χ4n) is 1.74. The van der Waals surface area contributed by atoms with Gasteiger partial charge in [-0.15, -0.1) is 11.6 Å². The van der Waals surface area contributed by atoms with Crippen LogP contribution in [-0.4, -0.2) is 6.61 Å². The van der Waals surface area contributed by atoms with Crippen LogP contribution < -0.4 is 9.47 Å². The Hall–Kier alpha value is -1.67. The topological polar surface area (TPSA) is 18.5 Å². The molecule has 2 aromatic carbocycles. The third kappa shape index (κ3) is 3.65. The van der Waals surface area contributed by atoms with Crippen molar-refractivity contribution in [1.82, 2.24) is 0 Å². The third-order valence-corrected chi connectivity index (χ3v) is 3.08. The first kappa shape index (κ1) is 13.8. The van der Waals surface area contributed by atoms with Crippen LogP contribution in [0.5, 0.6) is 17.2 Å². The number of aryl methyl sites for hydroxylation is 1. The molecule has 0 saturated heterocycles. The zero-order valence-electron chi connectivity index (χ0n) is 11.2. The van der Waals surface area contributed by atoms with E-state index >= 15 is 0 Å². The van der Waals surface area contributed by atoms with E-state index in [-0.39, 0.29) is 0 Å². The molecule has 2 aromatic rings. The summed E-state index contributed by atoms with van der Waals surface area (Å²) in [6.07, 6.45) is 0. The van der Waals surface area contributed by atoms with Crippen LogP contribution in [0.4, 0.5) is 0 Å². The van der Waals surface area contributed by atoms with E-state index in [9.17, 15) is 0 Å². The molecule has 0 aliphatic rings. The van der Waals surface area contributed by atoms with Crippen molar-refractivity contribution in [1.29, 1.82) is 0 Å². The van der Waals surface area contributed by atoms with Crippen LogP contribution in [0.3, 0.4) is 0 Å². The van der Waals surface area contributed by atoms with Gasteiger partial charge >= 0.3 is 0 Å². The number of ether oxygens (including phenoxy) is 2. The number of rotatable bonds is 5. The molecule has 0 bridgehead atoms. The minimum absolute atomic E-state index is 0.486. The van der Waals surface area contributed by atoms with Gasteiger partial charge in [-0.05, 0) is 55.3 Å². The average Bonchev–Trinajstić information content (AvgIpc) is 2.44. The van der Waals surface area contributed by atoms with Crippen LogP contribution in [0.2, 0.25) is 0 Å². The van der Waals surface area contributed by atoms with Crippen LogP contribution in [0.1, 0.15) is 18.1 Å². The molecule has 2 nitrogen and oxygen atoms in total. The molecule has 0 atom stereocenters. The predicted octanol–water partition coefficient (Wildman–Crippen LogP) is 4.92. The molecule has 2 rings (SSSR count). The van der Waals surface area contributed by atoms with Crippen LogP contribution in [-0.2, 0) is 5.88 Å². The Morgan fingerprint density at radius 1 is 1.00 bits per heavy atom. The highest BCUT2D eigenvalue weighted by atomic mass is 35.5. The van der Waals surface area contributed by atoms with E-state index in [4.69, 9.17) is 21.1 Å². The molecule has 19 heavy (non-hydrogen) atoms. The van der Waals surface area contributed by atoms with E-state index in [1.54, 1.807) is 0 Å². The van der Waals surface area contributed by atoms with Crippen molar-refractivity contribution in [2.75, 3.05) is 6.61 Å². The summed E-state index contributed by atoms with van der Waals surface area (Å²) >= 11 is 5.84. The van der Waals surface area contributed by atoms with Crippen molar-refractivity contribution in [3.05, 3.63) is 53.6 Å². The lowest BCUT2D eigenvalue weighted by Crippen LogP contribution is -1.92. The largest absolute Gasteiger partial charge is 0.494 e. The second-order valence-electron chi connectivity index (χ2n) is 4.24. The molecule has 0 amide bonds. The van der Waals surface area contributed by atoms with Crippen molar-refractivity contribution >= 4 is 11.6 Å². The van der Waals surface area contributed by atoms with Crippen molar-refractivity contribution in [3.8, 4) is 17.2 Å². The molecule has 0 radical (unpaired) electrons. The van der Waals surface area contributed by atoms with Gasteiger partial charge in [-0.3, -0.25) is 0 Å². The molecule has 0 saturated carbocycles. The number of hydrogen-bond donors (Lipinski definition) is 0. The van der Waals surface area contributed by atoms with Crippen molar-refractivity contribution in [2.45, 2.75) is 19.7 Å². The summed E-state index contributed by atoms with van der Waals surface area (Å²) in [5.74, 6) is 2.96. The quantitative estimate of drug-likeness (QED) is 0.721. The summed E-state index contributed by atoms with van der Waals surface area (Å²) in [4.78, 5) is 0. The standard InChI is InChI=1S/C16H17ClO2/c1-3-18-14-6-8-15(9-7-14)19-16-10-13(11-17)5-4-12(16)2/h4-10H,3,11H2,1-2H3. The van der Waals surface area contributed by atoms with Gasteiger partial charge in [-0.2, -0.15) is 0 Å². The first-order valence-corrected chi connectivity index (χ1v) is 6.82. The molecule has 100 valence electrons.